The summed E-state index contributed by atoms with van der Waals surface area (Å²) in [6.07, 6.45) is 0.129. The van der Waals surface area contributed by atoms with E-state index in [9.17, 15) is 24.3 Å². The molecule has 710 valence electrons. The van der Waals surface area contributed by atoms with Gasteiger partial charge in [0.1, 0.15) is 53.0 Å². The van der Waals surface area contributed by atoms with Crippen molar-refractivity contribution >= 4 is 89.5 Å². The molecule has 4 amide bonds. The van der Waals surface area contributed by atoms with Gasteiger partial charge < -0.3 is 75.5 Å². The fourth-order valence-electron chi connectivity index (χ4n) is 15.2. The number of benzene rings is 10. The maximum atomic E-state index is 14.3. The largest absolute Gasteiger partial charge is 0.497 e. The van der Waals surface area contributed by atoms with E-state index in [0.29, 0.717) is 45.7 Å². The van der Waals surface area contributed by atoms with Gasteiger partial charge >= 0.3 is 12.2 Å². The molecule has 0 saturated carbocycles. The molecular weight excluding hydrogens is 1760 g/mol. The van der Waals surface area contributed by atoms with Crippen LogP contribution in [0.1, 0.15) is 88.8 Å². The van der Waals surface area contributed by atoms with Crippen LogP contribution in [0.5, 0.6) is 34.8 Å². The molecule has 1 unspecified atom stereocenters. The third-order valence-electron chi connectivity index (χ3n) is 22.1. The molecule has 14 aromatic rings. The number of carbonyl (C=O) groups is 4. The summed E-state index contributed by atoms with van der Waals surface area (Å²) < 4.78 is 80.2. The first kappa shape index (κ1) is 100. The molecule has 3 N–H and O–H groups in total. The number of para-hydroxylation sites is 4. The van der Waals surface area contributed by atoms with Crippen molar-refractivity contribution < 1.29 is 80.7 Å². The van der Waals surface area contributed by atoms with Gasteiger partial charge in [0.05, 0.1) is 103 Å². The normalized spacial score (nSPS) is 12.2. The first-order valence-corrected chi connectivity index (χ1v) is 46.0. The van der Waals surface area contributed by atoms with Crippen LogP contribution in [0.2, 0.25) is 0 Å². The number of fused-ring (bicyclic) bond motifs is 2. The number of rotatable bonds is 44. The summed E-state index contributed by atoms with van der Waals surface area (Å²) in [4.78, 5) is 87.9. The zero-order chi connectivity index (χ0) is 96.8. The minimum atomic E-state index is -1.65. The van der Waals surface area contributed by atoms with Gasteiger partial charge in [-0.3, -0.25) is 20.2 Å². The lowest BCUT2D eigenvalue weighted by molar-refractivity contribution is -0.119. The number of nitrogens with one attached hydrogen (secondary N) is 2. The maximum absolute atomic E-state index is 14.3. The van der Waals surface area contributed by atoms with Crippen LogP contribution in [0, 0.1) is 18.4 Å². The number of hydrogen-bond acceptors (Lipinski definition) is 24. The SMILES string of the molecule is COc1ccc(C(OC[C@H](CO)OCCn2cnc3c(OC(=O)N(c4ccccc4)c4ccccc4)nc(NC(=O)C(C)C)nc32)(c2ccccc2)c2ccc(OC)cc2)cc1.[C-]#[N+]CCOP(OC[C@@H](COC(c1ccccc1)(c1ccc(OC)cc1)c1ccc(OC)cc1)OCCn1cnc2c(OC(=O)N(c3ccccc3)c3ccccc3)nc(NC(=O)C(C)C)nc21)N(C(C)C)C(C)C. The molecule has 0 radical (unpaired) electrons. The molecule has 0 fully saturated rings. The molecule has 0 saturated heterocycles. The fourth-order valence-corrected chi connectivity index (χ4v) is 16.8. The van der Waals surface area contributed by atoms with Gasteiger partial charge in [-0.2, -0.15) is 19.9 Å². The summed E-state index contributed by atoms with van der Waals surface area (Å²) in [6.45, 7) is 23.5. The van der Waals surface area contributed by atoms with E-state index < -0.39 is 50.0 Å². The van der Waals surface area contributed by atoms with Crippen LogP contribution in [0.15, 0.2) is 292 Å². The Kier molecular flexibility index (Phi) is 35.5. The van der Waals surface area contributed by atoms with E-state index in [1.54, 1.807) is 120 Å². The zero-order valence-corrected chi connectivity index (χ0v) is 79.4. The minimum absolute atomic E-state index is 0.00110. The lowest BCUT2D eigenvalue weighted by atomic mass is 9.80. The van der Waals surface area contributed by atoms with Gasteiger partial charge in [-0.1, -0.05) is 210 Å². The lowest BCUT2D eigenvalue weighted by Crippen LogP contribution is -2.38. The number of amides is 4. The Hall–Kier alpha value is -14.4. The molecule has 4 aromatic heterocycles. The van der Waals surface area contributed by atoms with Crippen molar-refractivity contribution in [3.8, 4) is 34.8 Å². The van der Waals surface area contributed by atoms with Gasteiger partial charge in [-0.05, 0) is 158 Å². The van der Waals surface area contributed by atoms with Crippen LogP contribution in [0.4, 0.5) is 44.2 Å². The number of nitrogens with zero attached hydrogens (tertiary/aromatic N) is 12. The Morgan fingerprint density at radius 1 is 0.409 bits per heavy atom. The van der Waals surface area contributed by atoms with Gasteiger partial charge in [0.25, 0.3) is 20.3 Å². The van der Waals surface area contributed by atoms with Crippen molar-refractivity contribution in [2.24, 2.45) is 11.8 Å². The van der Waals surface area contributed by atoms with E-state index >= 15 is 0 Å². The monoisotopic (exact) mass is 1870 g/mol. The van der Waals surface area contributed by atoms with Gasteiger partial charge in [-0.15, -0.1) is 0 Å². The van der Waals surface area contributed by atoms with E-state index in [4.69, 9.17) is 68.0 Å². The Morgan fingerprint density at radius 2 is 0.723 bits per heavy atom. The number of aromatic nitrogens is 8. The summed E-state index contributed by atoms with van der Waals surface area (Å²) in [5, 5.41) is 16.1. The van der Waals surface area contributed by atoms with Crippen LogP contribution in [0.3, 0.4) is 0 Å². The van der Waals surface area contributed by atoms with Crippen molar-refractivity contribution in [1.82, 2.24) is 43.7 Å². The summed E-state index contributed by atoms with van der Waals surface area (Å²) in [5.41, 5.74) is 6.02. The smallest absolute Gasteiger partial charge is 0.425 e. The average Bonchev–Trinajstić information content (AvgIpc) is 1.41. The topological polar surface area (TPSA) is 325 Å². The van der Waals surface area contributed by atoms with Crippen LogP contribution in [-0.4, -0.2) is 178 Å². The Balaban J connectivity index is 0.000000236. The number of anilines is 6. The highest BCUT2D eigenvalue weighted by Crippen LogP contribution is 2.48. The summed E-state index contributed by atoms with van der Waals surface area (Å²) in [5.74, 6) is 0.899. The molecule has 0 bridgehead atoms. The lowest BCUT2D eigenvalue weighted by Gasteiger charge is -2.38. The molecular formula is C105H113N14O17P. The number of methoxy groups -OCH3 is 4. The van der Waals surface area contributed by atoms with Gasteiger partial charge in [0, 0.05) is 37.0 Å². The van der Waals surface area contributed by atoms with Gasteiger partial charge in [-0.25, -0.2) is 40.6 Å². The fraction of sp³-hybridized carbons (Fsp3) is 0.286. The van der Waals surface area contributed by atoms with Crippen molar-refractivity contribution in [1.29, 1.82) is 0 Å². The number of aliphatic hydroxyl groups excluding tert-OH is 1. The van der Waals surface area contributed by atoms with Crippen molar-refractivity contribution in [2.75, 3.05) is 102 Å². The molecule has 137 heavy (non-hydrogen) atoms. The van der Waals surface area contributed by atoms with E-state index in [-0.39, 0.29) is 142 Å². The molecule has 0 spiro atoms. The standard InChI is InChI=1S/C57H65N8O9P.C48H48N6O8/c1-40(2)53(66)61-55-60-52-51(54(62-55)74-56(67)64(46-21-15-11-16-22-46)47-23-17-12-18-24-47)59-39-63(52)34-36-70-50(38-73-75(72-35-33-58-7)65(41(3)4)42(5)6)37-71-57(43-19-13-10-14-20-43,44-25-29-48(68-8)30-26-44)45-27-31-49(69-9)32-28-45;1-33(2)44(56)51-46-50-43-42(45(52-46)62-47(57)54(37-16-10-6-11-17-37)38-18-12-7-13-19-38)49-32-53(43)28-29-60-41(30-55)31-61-48(34-14-8-5-9-15-34,35-20-24-39(58-3)25-21-35)36-22-26-40(59-4)27-23-36/h10-32,39-42,50H,33-38H2,1-6,8-9H3,(H,60,61,62,66);5-27,32-33,41,55H,28-31H2,1-4H3,(H,50,51,52,56)/t50-,75?;41-/m10/s1. The third-order valence-corrected chi connectivity index (χ3v) is 24.2. The second kappa shape index (κ2) is 48.7. The molecule has 32 heteroatoms. The first-order valence-electron chi connectivity index (χ1n) is 44.9. The molecule has 0 aliphatic carbocycles. The minimum Gasteiger partial charge on any atom is -0.497 e. The predicted octanol–water partition coefficient (Wildman–Crippen LogP) is 19.6. The van der Waals surface area contributed by atoms with Crippen molar-refractivity contribution in [2.45, 2.75) is 104 Å². The first-order chi connectivity index (χ1) is 66.6. The maximum Gasteiger partial charge on any atom is 0.425 e. The molecule has 14 rings (SSSR count). The summed E-state index contributed by atoms with van der Waals surface area (Å²) >= 11 is 0. The number of aliphatic hydroxyl groups is 1. The number of ether oxygens (including phenoxy) is 10. The molecule has 31 nitrogen and oxygen atoms in total. The second-order valence-electron chi connectivity index (χ2n) is 32.6. The molecule has 10 aromatic carbocycles. The predicted molar refractivity (Wildman–Crippen MR) is 525 cm³/mol. The van der Waals surface area contributed by atoms with Gasteiger partial charge in [0.15, 0.2) is 22.3 Å². The highest BCUT2D eigenvalue weighted by Gasteiger charge is 2.42. The van der Waals surface area contributed by atoms with E-state index in [2.05, 4.69) is 72.8 Å². The van der Waals surface area contributed by atoms with E-state index in [0.717, 1.165) is 33.4 Å². The van der Waals surface area contributed by atoms with Gasteiger partial charge in [0.2, 0.25) is 30.3 Å². The average molecular weight is 1870 g/mol. The number of hydrogen-bond donors (Lipinski definition) is 3. The second-order valence-corrected chi connectivity index (χ2v) is 34.0. The Labute approximate surface area is 798 Å². The van der Waals surface area contributed by atoms with Crippen LogP contribution in [0.25, 0.3) is 27.2 Å². The highest BCUT2D eigenvalue weighted by molar-refractivity contribution is 7.44. The van der Waals surface area contributed by atoms with E-state index in [1.807, 2.05) is 231 Å². The summed E-state index contributed by atoms with van der Waals surface area (Å²) in [6, 6.07) is 87.3. The number of imidazole rings is 2. The Bertz CT molecular complexity index is 6050. The molecule has 0 aliphatic rings. The quantitative estimate of drug-likeness (QED) is 0.0138. The van der Waals surface area contributed by atoms with Crippen molar-refractivity contribution in [3.05, 3.63) is 337 Å². The molecule has 4 heterocycles. The van der Waals surface area contributed by atoms with Crippen LogP contribution < -0.4 is 48.9 Å². The highest BCUT2D eigenvalue weighted by atomic mass is 31.2. The molecule has 0 aliphatic heterocycles. The third kappa shape index (κ3) is 25.0. The van der Waals surface area contributed by atoms with E-state index in [1.165, 1.54) is 16.1 Å². The summed E-state index contributed by atoms with van der Waals surface area (Å²) in [7, 11) is 4.84. The van der Waals surface area contributed by atoms with Crippen molar-refractivity contribution in [3.63, 3.8) is 0 Å². The molecule has 3 atom stereocenters. The Morgan fingerprint density at radius 3 is 1.03 bits per heavy atom. The number of carbonyl (C=O) groups excluding carboxylic acids is 4. The van der Waals surface area contributed by atoms with Crippen LogP contribution in [-0.2, 0) is 61.9 Å². The van der Waals surface area contributed by atoms with Crippen LogP contribution >= 0.6 is 8.53 Å². The zero-order valence-electron chi connectivity index (χ0n) is 78.5.